The minimum atomic E-state index is -3.06. The fourth-order valence-electron chi connectivity index (χ4n) is 2.90. The molecule has 0 aliphatic heterocycles. The fourth-order valence-corrected chi connectivity index (χ4v) is 3.69. The summed E-state index contributed by atoms with van der Waals surface area (Å²) in [6.45, 7) is 0.370. The maximum atomic E-state index is 12.3. The Labute approximate surface area is 132 Å². The summed E-state index contributed by atoms with van der Waals surface area (Å²) >= 11 is 0. The molecule has 0 unspecified atom stereocenters. The lowest BCUT2D eigenvalue weighted by molar-refractivity contribution is -0.127. The summed E-state index contributed by atoms with van der Waals surface area (Å²) in [5.74, 6) is -0.101. The van der Waals surface area contributed by atoms with Gasteiger partial charge in [-0.15, -0.1) is 0 Å². The minimum absolute atomic E-state index is 0.00954. The van der Waals surface area contributed by atoms with Crippen LogP contribution in [0.25, 0.3) is 0 Å². The van der Waals surface area contributed by atoms with E-state index < -0.39 is 15.4 Å². The first-order valence-electron chi connectivity index (χ1n) is 7.61. The molecular weight excluding hydrogens is 300 g/mol. The summed E-state index contributed by atoms with van der Waals surface area (Å²) in [5.41, 5.74) is 7.06. The Morgan fingerprint density at radius 3 is 2.50 bits per heavy atom. The normalized spacial score (nSPS) is 17.9. The molecule has 122 valence electrons. The van der Waals surface area contributed by atoms with Crippen LogP contribution in [0.3, 0.4) is 0 Å². The molecule has 0 aromatic heterocycles. The summed E-state index contributed by atoms with van der Waals surface area (Å²) in [6, 6.07) is 7.26. The van der Waals surface area contributed by atoms with E-state index in [1.165, 1.54) is 6.26 Å². The van der Waals surface area contributed by atoms with E-state index in [9.17, 15) is 13.2 Å². The number of carbonyl (C=O) groups is 1. The van der Waals surface area contributed by atoms with Crippen molar-refractivity contribution < 1.29 is 13.2 Å². The third-order valence-corrected chi connectivity index (χ3v) is 4.93. The molecule has 1 amide bonds. The van der Waals surface area contributed by atoms with E-state index in [-0.39, 0.29) is 11.7 Å². The van der Waals surface area contributed by atoms with E-state index in [4.69, 9.17) is 5.73 Å². The first kappa shape index (κ1) is 17.0. The van der Waals surface area contributed by atoms with Crippen LogP contribution >= 0.6 is 0 Å². The molecule has 5 nitrogen and oxygen atoms in total. The maximum Gasteiger partial charge on any atom is 0.240 e. The Hall–Kier alpha value is -1.40. The molecule has 0 heterocycles. The number of carbonyl (C=O) groups excluding carboxylic acids is 1. The van der Waals surface area contributed by atoms with Crippen molar-refractivity contribution in [2.45, 2.75) is 49.9 Å². The van der Waals surface area contributed by atoms with Crippen LogP contribution in [-0.2, 0) is 26.9 Å². The van der Waals surface area contributed by atoms with Crippen molar-refractivity contribution in [2.75, 3.05) is 6.26 Å². The van der Waals surface area contributed by atoms with Gasteiger partial charge in [0.15, 0.2) is 9.84 Å². The van der Waals surface area contributed by atoms with Gasteiger partial charge in [0, 0.05) is 12.8 Å². The Kier molecular flexibility index (Phi) is 5.24. The van der Waals surface area contributed by atoms with Gasteiger partial charge < -0.3 is 11.1 Å². The second-order valence-corrected chi connectivity index (χ2v) is 8.43. The van der Waals surface area contributed by atoms with E-state index in [1.807, 2.05) is 12.1 Å². The van der Waals surface area contributed by atoms with Crippen molar-refractivity contribution in [2.24, 2.45) is 5.73 Å². The highest BCUT2D eigenvalue weighted by atomic mass is 32.2. The van der Waals surface area contributed by atoms with E-state index in [1.54, 1.807) is 12.1 Å². The maximum absolute atomic E-state index is 12.3. The van der Waals surface area contributed by atoms with Gasteiger partial charge in [0.2, 0.25) is 5.91 Å². The van der Waals surface area contributed by atoms with E-state index in [2.05, 4.69) is 5.32 Å². The summed E-state index contributed by atoms with van der Waals surface area (Å²) < 4.78 is 22.7. The predicted octanol–water partition coefficient (Wildman–Crippen LogP) is 1.51. The highest BCUT2D eigenvalue weighted by molar-refractivity contribution is 7.89. The minimum Gasteiger partial charge on any atom is -0.350 e. The highest BCUT2D eigenvalue weighted by Gasteiger charge is 2.34. The number of hydrogen-bond donors (Lipinski definition) is 2. The van der Waals surface area contributed by atoms with Crippen LogP contribution in [-0.4, -0.2) is 26.1 Å². The number of benzene rings is 1. The standard InChI is InChI=1S/C16H24N2O3S/c1-22(20,21)12-14-7-5-6-13(10-14)11-18-15(19)16(17)8-3-2-4-9-16/h5-7,10H,2-4,8-9,11-12,17H2,1H3,(H,18,19). The second kappa shape index (κ2) is 6.79. The zero-order chi connectivity index (χ0) is 16.2. The van der Waals surface area contributed by atoms with Gasteiger partial charge in [-0.25, -0.2) is 8.42 Å². The largest absolute Gasteiger partial charge is 0.350 e. The molecule has 0 spiro atoms. The van der Waals surface area contributed by atoms with Crippen LogP contribution in [0, 0.1) is 0 Å². The second-order valence-electron chi connectivity index (χ2n) is 6.29. The van der Waals surface area contributed by atoms with Crippen molar-refractivity contribution in [1.82, 2.24) is 5.32 Å². The molecule has 0 saturated heterocycles. The lowest BCUT2D eigenvalue weighted by Crippen LogP contribution is -2.54. The summed E-state index contributed by atoms with van der Waals surface area (Å²) in [6.07, 6.45) is 5.80. The Morgan fingerprint density at radius 2 is 1.86 bits per heavy atom. The first-order chi connectivity index (χ1) is 10.3. The molecule has 1 aliphatic carbocycles. The molecule has 6 heteroatoms. The van der Waals surface area contributed by atoms with Crippen LogP contribution in [0.1, 0.15) is 43.2 Å². The fraction of sp³-hybridized carbons (Fsp3) is 0.562. The topological polar surface area (TPSA) is 89.3 Å². The smallest absolute Gasteiger partial charge is 0.240 e. The zero-order valence-corrected chi connectivity index (χ0v) is 13.8. The molecule has 0 bridgehead atoms. The third-order valence-electron chi connectivity index (χ3n) is 4.07. The molecule has 0 radical (unpaired) electrons. The highest BCUT2D eigenvalue weighted by Crippen LogP contribution is 2.26. The molecule has 1 aliphatic rings. The first-order valence-corrected chi connectivity index (χ1v) is 9.67. The van der Waals surface area contributed by atoms with Crippen LogP contribution < -0.4 is 11.1 Å². The van der Waals surface area contributed by atoms with Crippen LogP contribution in [0.5, 0.6) is 0 Å². The van der Waals surface area contributed by atoms with Gasteiger partial charge in [0.1, 0.15) is 0 Å². The summed E-state index contributed by atoms with van der Waals surface area (Å²) in [4.78, 5) is 12.3. The number of amides is 1. The molecule has 3 N–H and O–H groups in total. The third kappa shape index (κ3) is 4.81. The van der Waals surface area contributed by atoms with E-state index in [0.717, 1.165) is 43.2 Å². The molecule has 1 aromatic rings. The number of sulfone groups is 1. The molecular formula is C16H24N2O3S. The van der Waals surface area contributed by atoms with Crippen molar-refractivity contribution in [3.05, 3.63) is 35.4 Å². The number of nitrogens with one attached hydrogen (secondary N) is 1. The monoisotopic (exact) mass is 324 g/mol. The van der Waals surface area contributed by atoms with Crippen molar-refractivity contribution in [3.8, 4) is 0 Å². The van der Waals surface area contributed by atoms with Gasteiger partial charge in [-0.05, 0) is 24.0 Å². The Bertz CT molecular complexity index is 635. The van der Waals surface area contributed by atoms with E-state index in [0.29, 0.717) is 6.54 Å². The van der Waals surface area contributed by atoms with Gasteiger partial charge in [0.05, 0.1) is 11.3 Å². The molecule has 1 fully saturated rings. The molecule has 22 heavy (non-hydrogen) atoms. The summed E-state index contributed by atoms with van der Waals surface area (Å²) in [7, 11) is -3.06. The molecule has 2 rings (SSSR count). The Morgan fingerprint density at radius 1 is 1.23 bits per heavy atom. The number of hydrogen-bond acceptors (Lipinski definition) is 4. The zero-order valence-electron chi connectivity index (χ0n) is 13.0. The quantitative estimate of drug-likeness (QED) is 0.859. The molecule has 0 atom stereocenters. The van der Waals surface area contributed by atoms with Crippen LogP contribution in [0.15, 0.2) is 24.3 Å². The Balaban J connectivity index is 1.96. The lowest BCUT2D eigenvalue weighted by Gasteiger charge is -2.31. The summed E-state index contributed by atoms with van der Waals surface area (Å²) in [5, 5.41) is 2.89. The van der Waals surface area contributed by atoms with Gasteiger partial charge in [-0.1, -0.05) is 43.5 Å². The van der Waals surface area contributed by atoms with Crippen molar-refractivity contribution in [3.63, 3.8) is 0 Å². The SMILES string of the molecule is CS(=O)(=O)Cc1cccc(CNC(=O)C2(N)CCCCC2)c1. The van der Waals surface area contributed by atoms with Crippen LogP contribution in [0.2, 0.25) is 0 Å². The van der Waals surface area contributed by atoms with Crippen molar-refractivity contribution in [1.29, 1.82) is 0 Å². The average Bonchev–Trinajstić information content (AvgIpc) is 2.44. The predicted molar refractivity (Wildman–Crippen MR) is 86.8 cm³/mol. The average molecular weight is 324 g/mol. The van der Waals surface area contributed by atoms with Gasteiger partial charge in [-0.3, -0.25) is 4.79 Å². The number of rotatable bonds is 5. The van der Waals surface area contributed by atoms with Crippen molar-refractivity contribution >= 4 is 15.7 Å². The van der Waals surface area contributed by atoms with E-state index >= 15 is 0 Å². The van der Waals surface area contributed by atoms with Crippen LogP contribution in [0.4, 0.5) is 0 Å². The molecule has 1 saturated carbocycles. The van der Waals surface area contributed by atoms with Gasteiger partial charge in [0.25, 0.3) is 0 Å². The lowest BCUT2D eigenvalue weighted by atomic mass is 9.82. The molecule has 1 aromatic carbocycles. The van der Waals surface area contributed by atoms with Gasteiger partial charge >= 0.3 is 0 Å². The van der Waals surface area contributed by atoms with Gasteiger partial charge in [-0.2, -0.15) is 0 Å². The number of nitrogens with two attached hydrogens (primary N) is 1.